The van der Waals surface area contributed by atoms with E-state index in [9.17, 15) is 9.59 Å². The van der Waals surface area contributed by atoms with E-state index in [4.69, 9.17) is 25.4 Å². The van der Waals surface area contributed by atoms with Gasteiger partial charge < -0.3 is 18.9 Å². The van der Waals surface area contributed by atoms with Crippen molar-refractivity contribution in [1.29, 1.82) is 0 Å². The summed E-state index contributed by atoms with van der Waals surface area (Å²) in [6, 6.07) is 1.83. The van der Waals surface area contributed by atoms with Crippen molar-refractivity contribution in [3.63, 3.8) is 0 Å². The summed E-state index contributed by atoms with van der Waals surface area (Å²) in [6.45, 7) is 5.77. The van der Waals surface area contributed by atoms with Crippen LogP contribution in [0.1, 0.15) is 32.8 Å². The number of ether oxygens (including phenoxy) is 4. The lowest BCUT2D eigenvalue weighted by Gasteiger charge is -2.30. The van der Waals surface area contributed by atoms with Gasteiger partial charge in [-0.05, 0) is 43.2 Å². The highest BCUT2D eigenvalue weighted by atomic mass is 32.1. The maximum atomic E-state index is 12.7. The van der Waals surface area contributed by atoms with Gasteiger partial charge in [-0.15, -0.1) is 12.3 Å². The first-order chi connectivity index (χ1) is 12.5. The summed E-state index contributed by atoms with van der Waals surface area (Å²) in [5.74, 6) is 0.955. The van der Waals surface area contributed by atoms with Crippen LogP contribution in [0.4, 0.5) is 0 Å². The fourth-order valence-corrected chi connectivity index (χ4v) is 2.87. The van der Waals surface area contributed by atoms with Crippen LogP contribution in [0.5, 0.6) is 0 Å². The van der Waals surface area contributed by atoms with Gasteiger partial charge in [0.1, 0.15) is 0 Å². The fourth-order valence-electron chi connectivity index (χ4n) is 2.20. The summed E-state index contributed by atoms with van der Waals surface area (Å²) >= 11 is 1.47. The number of hydrogen-bond acceptors (Lipinski definition) is 7. The number of terminal acetylenes is 1. The number of thiophene rings is 1. The van der Waals surface area contributed by atoms with E-state index in [-0.39, 0.29) is 32.3 Å². The van der Waals surface area contributed by atoms with Crippen LogP contribution in [0.3, 0.4) is 0 Å². The molecule has 0 N–H and O–H groups in total. The van der Waals surface area contributed by atoms with Crippen LogP contribution in [0.25, 0.3) is 0 Å². The van der Waals surface area contributed by atoms with Crippen LogP contribution in [-0.4, -0.2) is 50.1 Å². The van der Waals surface area contributed by atoms with Crippen molar-refractivity contribution < 1.29 is 28.5 Å². The van der Waals surface area contributed by atoms with Gasteiger partial charge in [0.25, 0.3) is 5.60 Å². The first-order valence-corrected chi connectivity index (χ1v) is 9.49. The van der Waals surface area contributed by atoms with Crippen molar-refractivity contribution in [3.8, 4) is 12.3 Å². The van der Waals surface area contributed by atoms with Crippen molar-refractivity contribution in [1.82, 2.24) is 0 Å². The molecular formula is C19H26O6S. The SMILES string of the molecule is C#CCCOC(C)COC(Cc1ccsc1)(C(=O)OCC)C(=O)OCC. The topological polar surface area (TPSA) is 71.1 Å². The first-order valence-electron chi connectivity index (χ1n) is 8.54. The van der Waals surface area contributed by atoms with E-state index in [0.717, 1.165) is 5.56 Å². The minimum atomic E-state index is -1.86. The summed E-state index contributed by atoms with van der Waals surface area (Å²) in [4.78, 5) is 25.3. The lowest BCUT2D eigenvalue weighted by Crippen LogP contribution is -2.54. The van der Waals surface area contributed by atoms with Gasteiger partial charge in [-0.2, -0.15) is 11.3 Å². The molecule has 26 heavy (non-hydrogen) atoms. The molecule has 6 nitrogen and oxygen atoms in total. The van der Waals surface area contributed by atoms with E-state index < -0.39 is 17.5 Å². The molecule has 144 valence electrons. The van der Waals surface area contributed by atoms with E-state index in [0.29, 0.717) is 13.0 Å². The smallest absolute Gasteiger partial charge is 0.350 e. The summed E-state index contributed by atoms with van der Waals surface area (Å²) in [6.07, 6.45) is 5.35. The molecule has 0 aliphatic heterocycles. The minimum absolute atomic E-state index is 0.0202. The molecule has 1 rings (SSSR count). The lowest BCUT2D eigenvalue weighted by molar-refractivity contribution is -0.194. The van der Waals surface area contributed by atoms with Gasteiger partial charge in [-0.25, -0.2) is 9.59 Å². The fraction of sp³-hybridized carbons (Fsp3) is 0.579. The molecule has 1 aromatic heterocycles. The Morgan fingerprint density at radius 1 is 1.27 bits per heavy atom. The molecule has 0 bridgehead atoms. The Kier molecular flexibility index (Phi) is 9.96. The van der Waals surface area contributed by atoms with E-state index >= 15 is 0 Å². The lowest BCUT2D eigenvalue weighted by atomic mass is 9.95. The highest BCUT2D eigenvalue weighted by Gasteiger charge is 2.51. The third-order valence-corrected chi connectivity index (χ3v) is 4.19. The monoisotopic (exact) mass is 382 g/mol. The molecular weight excluding hydrogens is 356 g/mol. The van der Waals surface area contributed by atoms with Crippen molar-refractivity contribution in [3.05, 3.63) is 22.4 Å². The maximum Gasteiger partial charge on any atom is 0.350 e. The molecule has 0 radical (unpaired) electrons. The molecule has 1 unspecified atom stereocenters. The average Bonchev–Trinajstić information content (AvgIpc) is 3.12. The van der Waals surface area contributed by atoms with Gasteiger partial charge >= 0.3 is 11.9 Å². The normalized spacial score (nSPS) is 12.2. The van der Waals surface area contributed by atoms with Gasteiger partial charge in [-0.1, -0.05) is 0 Å². The molecule has 1 aromatic rings. The molecule has 0 spiro atoms. The highest BCUT2D eigenvalue weighted by Crippen LogP contribution is 2.24. The third kappa shape index (κ3) is 6.45. The number of carbonyl (C=O) groups excluding carboxylic acids is 2. The molecule has 0 aromatic carbocycles. The van der Waals surface area contributed by atoms with Gasteiger partial charge in [0, 0.05) is 12.8 Å². The van der Waals surface area contributed by atoms with Crippen molar-refractivity contribution in [2.45, 2.75) is 45.3 Å². The van der Waals surface area contributed by atoms with Crippen LogP contribution in [0, 0.1) is 12.3 Å². The van der Waals surface area contributed by atoms with Gasteiger partial charge in [0.2, 0.25) is 0 Å². The predicted octanol–water partition coefficient (Wildman–Crippen LogP) is 2.60. The Morgan fingerprint density at radius 3 is 2.42 bits per heavy atom. The van der Waals surface area contributed by atoms with Gasteiger partial charge in [0.05, 0.1) is 32.5 Å². The number of hydrogen-bond donors (Lipinski definition) is 0. The second-order valence-electron chi connectivity index (χ2n) is 5.52. The summed E-state index contributed by atoms with van der Waals surface area (Å²) in [5.41, 5.74) is -1.08. The van der Waals surface area contributed by atoms with E-state index in [1.807, 2.05) is 16.8 Å². The molecule has 1 heterocycles. The van der Waals surface area contributed by atoms with Gasteiger partial charge in [-0.3, -0.25) is 0 Å². The average molecular weight is 382 g/mol. The second kappa shape index (κ2) is 11.7. The zero-order valence-electron chi connectivity index (χ0n) is 15.5. The second-order valence-corrected chi connectivity index (χ2v) is 6.30. The van der Waals surface area contributed by atoms with Crippen molar-refractivity contribution >= 4 is 23.3 Å². The minimum Gasteiger partial charge on any atom is -0.463 e. The van der Waals surface area contributed by atoms with E-state index in [2.05, 4.69) is 5.92 Å². The Labute approximate surface area is 158 Å². The molecule has 0 aliphatic rings. The number of esters is 2. The molecule has 0 saturated heterocycles. The number of rotatable bonds is 12. The Hall–Kier alpha value is -1.88. The molecule has 7 heteroatoms. The van der Waals surface area contributed by atoms with Crippen LogP contribution >= 0.6 is 11.3 Å². The zero-order valence-corrected chi connectivity index (χ0v) is 16.3. The third-order valence-electron chi connectivity index (χ3n) is 3.46. The molecule has 0 saturated carbocycles. The van der Waals surface area contributed by atoms with Crippen molar-refractivity contribution in [2.24, 2.45) is 0 Å². The maximum absolute atomic E-state index is 12.7. The summed E-state index contributed by atoms with van der Waals surface area (Å²) in [7, 11) is 0. The molecule has 0 aliphatic carbocycles. The largest absolute Gasteiger partial charge is 0.463 e. The molecule has 0 fully saturated rings. The molecule has 1 atom stereocenters. The van der Waals surface area contributed by atoms with Crippen LogP contribution in [0.15, 0.2) is 16.8 Å². The standard InChI is InChI=1S/C19H26O6S/c1-5-8-10-24-15(4)13-25-19(17(20)22-6-2,18(21)23-7-3)12-16-9-11-26-14-16/h1,9,11,14-15H,6-8,10,12-13H2,2-4H3. The van der Waals surface area contributed by atoms with E-state index in [1.54, 1.807) is 20.8 Å². The first kappa shape index (κ1) is 22.2. The number of carbonyl (C=O) groups is 2. The Bertz CT molecular complexity index is 572. The van der Waals surface area contributed by atoms with E-state index in [1.165, 1.54) is 11.3 Å². The highest BCUT2D eigenvalue weighted by molar-refractivity contribution is 7.07. The van der Waals surface area contributed by atoms with Crippen LogP contribution < -0.4 is 0 Å². The predicted molar refractivity (Wildman–Crippen MR) is 98.8 cm³/mol. The van der Waals surface area contributed by atoms with Gasteiger partial charge in [0.15, 0.2) is 0 Å². The quantitative estimate of drug-likeness (QED) is 0.239. The van der Waals surface area contributed by atoms with Crippen molar-refractivity contribution in [2.75, 3.05) is 26.4 Å². The van der Waals surface area contributed by atoms with Crippen LogP contribution in [-0.2, 0) is 35.0 Å². The zero-order chi connectivity index (χ0) is 19.4. The summed E-state index contributed by atoms with van der Waals surface area (Å²) < 4.78 is 21.6. The Balaban J connectivity index is 3.01. The summed E-state index contributed by atoms with van der Waals surface area (Å²) in [5, 5.41) is 3.71. The Morgan fingerprint density at radius 2 is 1.92 bits per heavy atom. The molecule has 0 amide bonds. The van der Waals surface area contributed by atoms with Crippen LogP contribution in [0.2, 0.25) is 0 Å².